The first-order chi connectivity index (χ1) is 13.8. The molecular weight excluding hydrogens is 408 g/mol. The first-order valence-electron chi connectivity index (χ1n) is 8.88. The van der Waals surface area contributed by atoms with Gasteiger partial charge in [0.05, 0.1) is 21.0 Å². The fraction of sp³-hybridized carbons (Fsp3) is 0.143. The molecule has 6 nitrogen and oxygen atoms in total. The zero-order valence-corrected chi connectivity index (χ0v) is 17.6. The lowest BCUT2D eigenvalue weighted by molar-refractivity contribution is -0.384. The maximum absolute atomic E-state index is 11.0. The fourth-order valence-electron chi connectivity index (χ4n) is 3.23. The van der Waals surface area contributed by atoms with Crippen LogP contribution in [0.15, 0.2) is 42.7 Å². The third-order valence-electron chi connectivity index (χ3n) is 4.88. The van der Waals surface area contributed by atoms with E-state index in [-0.39, 0.29) is 10.7 Å². The van der Waals surface area contributed by atoms with Gasteiger partial charge in [-0.25, -0.2) is 9.97 Å². The zero-order valence-electron chi connectivity index (χ0n) is 16.0. The number of aryl methyl sites for hydroxylation is 3. The third kappa shape index (κ3) is 3.54. The van der Waals surface area contributed by atoms with E-state index in [2.05, 4.69) is 54.3 Å². The van der Waals surface area contributed by atoms with E-state index in [0.717, 1.165) is 26.2 Å². The van der Waals surface area contributed by atoms with Crippen molar-refractivity contribution in [2.75, 3.05) is 5.32 Å². The topological polar surface area (TPSA) is 81.0 Å². The summed E-state index contributed by atoms with van der Waals surface area (Å²) >= 11 is 7.87. The molecule has 0 unspecified atom stereocenters. The molecule has 2 aromatic carbocycles. The fourth-order valence-corrected chi connectivity index (χ4v) is 4.46. The summed E-state index contributed by atoms with van der Waals surface area (Å²) in [5.74, 6) is 0.614. The standard InChI is InChI=1S/C21H17ClN4O2S/c1-11-4-5-14(8-12(11)2)18-13(3)29-21-19(18)20(23-10-24-21)25-17-7-6-15(26(27)28)9-16(17)22/h4-10H,1-3H3,(H,23,24,25). The average Bonchev–Trinajstić information content (AvgIpc) is 3.02. The van der Waals surface area contributed by atoms with Gasteiger partial charge in [-0.1, -0.05) is 29.8 Å². The molecule has 0 aliphatic heterocycles. The lowest BCUT2D eigenvalue weighted by atomic mass is 9.99. The van der Waals surface area contributed by atoms with Crippen molar-refractivity contribution < 1.29 is 4.92 Å². The van der Waals surface area contributed by atoms with E-state index in [1.165, 1.54) is 29.6 Å². The quantitative estimate of drug-likeness (QED) is 0.295. The van der Waals surface area contributed by atoms with Crippen molar-refractivity contribution in [1.82, 2.24) is 9.97 Å². The monoisotopic (exact) mass is 424 g/mol. The molecule has 0 aliphatic rings. The largest absolute Gasteiger partial charge is 0.338 e. The Balaban J connectivity index is 1.86. The number of aromatic nitrogens is 2. The van der Waals surface area contributed by atoms with Crippen LogP contribution in [-0.2, 0) is 0 Å². The van der Waals surface area contributed by atoms with E-state index >= 15 is 0 Å². The number of halogens is 1. The van der Waals surface area contributed by atoms with Crippen LogP contribution in [0.4, 0.5) is 17.2 Å². The van der Waals surface area contributed by atoms with Gasteiger partial charge in [0.15, 0.2) is 0 Å². The molecule has 0 amide bonds. The highest BCUT2D eigenvalue weighted by atomic mass is 35.5. The molecule has 0 aliphatic carbocycles. The minimum absolute atomic E-state index is 0.0596. The number of rotatable bonds is 4. The number of anilines is 2. The number of nitro benzene ring substituents is 1. The first kappa shape index (κ1) is 19.3. The van der Waals surface area contributed by atoms with Gasteiger partial charge in [-0.2, -0.15) is 0 Å². The van der Waals surface area contributed by atoms with Crippen molar-refractivity contribution in [3.05, 3.63) is 73.9 Å². The van der Waals surface area contributed by atoms with E-state index in [1.54, 1.807) is 17.4 Å². The Labute approximate surface area is 176 Å². The van der Waals surface area contributed by atoms with E-state index in [4.69, 9.17) is 11.6 Å². The maximum Gasteiger partial charge on any atom is 0.271 e. The smallest absolute Gasteiger partial charge is 0.271 e. The molecule has 4 rings (SSSR count). The van der Waals surface area contributed by atoms with Crippen molar-refractivity contribution in [3.63, 3.8) is 0 Å². The molecule has 0 spiro atoms. The van der Waals surface area contributed by atoms with E-state index in [9.17, 15) is 10.1 Å². The SMILES string of the molecule is Cc1ccc(-c2c(C)sc3ncnc(Nc4ccc([N+](=O)[O-])cc4Cl)c23)cc1C. The number of nitrogens with zero attached hydrogens (tertiary/aromatic N) is 3. The highest BCUT2D eigenvalue weighted by Crippen LogP contribution is 2.42. The second-order valence-corrected chi connectivity index (χ2v) is 8.39. The summed E-state index contributed by atoms with van der Waals surface area (Å²) < 4.78 is 0. The van der Waals surface area contributed by atoms with Gasteiger partial charge in [-0.05, 0) is 43.5 Å². The molecule has 8 heteroatoms. The number of nitro groups is 1. The summed E-state index contributed by atoms with van der Waals surface area (Å²) in [6.45, 7) is 6.25. The van der Waals surface area contributed by atoms with Crippen LogP contribution in [0.2, 0.25) is 5.02 Å². The first-order valence-corrected chi connectivity index (χ1v) is 10.1. The summed E-state index contributed by atoms with van der Waals surface area (Å²) in [4.78, 5) is 21.4. The summed E-state index contributed by atoms with van der Waals surface area (Å²) in [5, 5.41) is 15.4. The number of fused-ring (bicyclic) bond motifs is 1. The maximum atomic E-state index is 11.0. The molecule has 2 aromatic heterocycles. The molecule has 1 N–H and O–H groups in total. The van der Waals surface area contributed by atoms with Crippen molar-refractivity contribution in [2.24, 2.45) is 0 Å². The number of hydrogen-bond donors (Lipinski definition) is 1. The Bertz CT molecular complexity index is 1270. The molecule has 0 radical (unpaired) electrons. The Morgan fingerprint density at radius 3 is 2.55 bits per heavy atom. The zero-order chi connectivity index (χ0) is 20.7. The van der Waals surface area contributed by atoms with Gasteiger partial charge in [0.25, 0.3) is 5.69 Å². The summed E-state index contributed by atoms with van der Waals surface area (Å²) in [6, 6.07) is 10.7. The molecule has 0 saturated carbocycles. The minimum Gasteiger partial charge on any atom is -0.338 e. The molecule has 0 saturated heterocycles. The van der Waals surface area contributed by atoms with Crippen molar-refractivity contribution in [3.8, 4) is 11.1 Å². The van der Waals surface area contributed by atoms with Crippen LogP contribution < -0.4 is 5.32 Å². The van der Waals surface area contributed by atoms with Crippen molar-refractivity contribution in [1.29, 1.82) is 0 Å². The molecule has 4 aromatic rings. The van der Waals surface area contributed by atoms with Gasteiger partial charge in [0.2, 0.25) is 0 Å². The van der Waals surface area contributed by atoms with Crippen LogP contribution in [0.5, 0.6) is 0 Å². The number of thiophene rings is 1. The Morgan fingerprint density at radius 2 is 1.86 bits per heavy atom. The van der Waals surface area contributed by atoms with Crippen LogP contribution >= 0.6 is 22.9 Å². The van der Waals surface area contributed by atoms with Gasteiger partial charge in [-0.15, -0.1) is 11.3 Å². The van der Waals surface area contributed by atoms with Gasteiger partial charge >= 0.3 is 0 Å². The predicted octanol–water partition coefficient (Wildman–Crippen LogP) is 6.59. The van der Waals surface area contributed by atoms with Gasteiger partial charge in [0.1, 0.15) is 17.0 Å². The number of benzene rings is 2. The third-order valence-corrected chi connectivity index (χ3v) is 6.20. The molecule has 0 bridgehead atoms. The van der Waals surface area contributed by atoms with Crippen LogP contribution in [0.25, 0.3) is 21.3 Å². The normalized spacial score (nSPS) is 11.0. The minimum atomic E-state index is -0.474. The van der Waals surface area contributed by atoms with Gasteiger partial charge in [-0.3, -0.25) is 10.1 Å². The van der Waals surface area contributed by atoms with Crippen molar-refractivity contribution >= 4 is 50.3 Å². The second-order valence-electron chi connectivity index (χ2n) is 6.78. The Kier molecular flexibility index (Phi) is 4.94. The Hall–Kier alpha value is -3.03. The average molecular weight is 425 g/mol. The molecule has 29 heavy (non-hydrogen) atoms. The highest BCUT2D eigenvalue weighted by Gasteiger charge is 2.18. The van der Waals surface area contributed by atoms with E-state index < -0.39 is 4.92 Å². The molecule has 146 valence electrons. The number of non-ortho nitro benzene ring substituents is 1. The number of nitrogens with one attached hydrogen (secondary N) is 1. The predicted molar refractivity (Wildman–Crippen MR) is 118 cm³/mol. The van der Waals surface area contributed by atoms with E-state index in [1.807, 2.05) is 0 Å². The van der Waals surface area contributed by atoms with E-state index in [0.29, 0.717) is 11.5 Å². The highest BCUT2D eigenvalue weighted by molar-refractivity contribution is 7.19. The van der Waals surface area contributed by atoms with Crippen LogP contribution in [0, 0.1) is 30.9 Å². The molecule has 0 fully saturated rings. The molecule has 2 heterocycles. The number of hydrogen-bond acceptors (Lipinski definition) is 6. The summed E-state index contributed by atoms with van der Waals surface area (Å²) in [7, 11) is 0. The van der Waals surface area contributed by atoms with Gasteiger partial charge < -0.3 is 5.32 Å². The van der Waals surface area contributed by atoms with Gasteiger partial charge in [0, 0.05) is 22.6 Å². The van der Waals surface area contributed by atoms with Crippen LogP contribution in [0.3, 0.4) is 0 Å². The molecular formula is C21H17ClN4O2S. The lowest BCUT2D eigenvalue weighted by Gasteiger charge is -2.11. The van der Waals surface area contributed by atoms with Crippen molar-refractivity contribution in [2.45, 2.75) is 20.8 Å². The van der Waals surface area contributed by atoms with Crippen LogP contribution in [-0.4, -0.2) is 14.9 Å². The van der Waals surface area contributed by atoms with Crippen LogP contribution in [0.1, 0.15) is 16.0 Å². The molecule has 0 atom stereocenters. The second kappa shape index (κ2) is 7.42. The lowest BCUT2D eigenvalue weighted by Crippen LogP contribution is -1.97. The summed E-state index contributed by atoms with van der Waals surface area (Å²) in [6.07, 6.45) is 1.50. The summed E-state index contributed by atoms with van der Waals surface area (Å²) in [5.41, 5.74) is 5.12. The Morgan fingerprint density at radius 1 is 1.07 bits per heavy atom.